The predicted octanol–water partition coefficient (Wildman–Crippen LogP) is 1.50. The number of aromatic nitrogens is 3. The number of hydrogen-bond acceptors (Lipinski definition) is 4. The van der Waals surface area contributed by atoms with Gasteiger partial charge in [-0.2, -0.15) is 0 Å². The number of likely N-dealkylation sites (tertiary alicyclic amines) is 2. The molecule has 8 nitrogen and oxygen atoms in total. The topological polar surface area (TPSA) is 99.9 Å². The van der Waals surface area contributed by atoms with E-state index in [4.69, 9.17) is 0 Å². The monoisotopic (exact) mass is 360 g/mol. The van der Waals surface area contributed by atoms with Crippen molar-refractivity contribution >= 4 is 22.9 Å². The number of H-pyrrole nitrogens is 1. The Morgan fingerprint density at radius 1 is 1.23 bits per heavy atom. The van der Waals surface area contributed by atoms with Crippen LogP contribution in [0.25, 0.3) is 11.0 Å². The number of fused-ring (bicyclic) bond motifs is 1. The summed E-state index contributed by atoms with van der Waals surface area (Å²) in [5.41, 5.74) is 0.852. The van der Waals surface area contributed by atoms with Crippen molar-refractivity contribution in [3.05, 3.63) is 18.6 Å². The minimum atomic E-state index is 0. The number of rotatable bonds is 2. The average Bonchev–Trinajstić information content (AvgIpc) is 3.32. The maximum atomic E-state index is 12.8. The van der Waals surface area contributed by atoms with Gasteiger partial charge in [-0.3, -0.25) is 0 Å². The van der Waals surface area contributed by atoms with Crippen LogP contribution in [0, 0.1) is 5.92 Å². The molecule has 2 aliphatic rings. The van der Waals surface area contributed by atoms with Crippen LogP contribution >= 0.6 is 0 Å². The summed E-state index contributed by atoms with van der Waals surface area (Å²) in [4.78, 5) is 31.0. The summed E-state index contributed by atoms with van der Waals surface area (Å²) in [6.45, 7) is 5.68. The Kier molecular flexibility index (Phi) is 5.31. The van der Waals surface area contributed by atoms with Crippen molar-refractivity contribution in [2.24, 2.45) is 5.92 Å². The van der Waals surface area contributed by atoms with Crippen LogP contribution in [0.15, 0.2) is 18.6 Å². The third-order valence-electron chi connectivity index (χ3n) is 5.73. The van der Waals surface area contributed by atoms with E-state index in [2.05, 4.69) is 33.8 Å². The van der Waals surface area contributed by atoms with Gasteiger partial charge in [0.1, 0.15) is 17.8 Å². The minimum Gasteiger partial charge on any atom is -0.412 e. The summed E-state index contributed by atoms with van der Waals surface area (Å²) >= 11 is 0. The molecule has 2 aromatic heterocycles. The van der Waals surface area contributed by atoms with Gasteiger partial charge in [0.2, 0.25) is 0 Å². The molecule has 3 N–H and O–H groups in total. The summed E-state index contributed by atoms with van der Waals surface area (Å²) in [6.07, 6.45) is 6.78. The van der Waals surface area contributed by atoms with Gasteiger partial charge in [-0.15, -0.1) is 0 Å². The lowest BCUT2D eigenvalue weighted by molar-refractivity contribution is 0.133. The molecule has 0 aliphatic carbocycles. The third-order valence-corrected chi connectivity index (χ3v) is 5.73. The molecule has 0 saturated carbocycles. The molecule has 0 bridgehead atoms. The maximum Gasteiger partial charge on any atom is 0.320 e. The number of carbonyl (C=O) groups excluding carboxylic acids is 1. The van der Waals surface area contributed by atoms with Gasteiger partial charge in [-0.05, 0) is 31.2 Å². The normalized spacial score (nSPS) is 23.2. The average molecular weight is 360 g/mol. The lowest BCUT2D eigenvalue weighted by atomic mass is 9.92. The first-order chi connectivity index (χ1) is 12.1. The number of hydrogen-bond donors (Lipinski definition) is 1. The SMILES string of the molecule is C[C@@H]1CCN(C(=O)N2CCCC2)C[C@@H]1N(C)c1ncnc2[nH]ccc12.O. The summed E-state index contributed by atoms with van der Waals surface area (Å²) in [7, 11) is 2.08. The van der Waals surface area contributed by atoms with Crippen molar-refractivity contribution < 1.29 is 10.3 Å². The predicted molar refractivity (Wildman–Crippen MR) is 101 cm³/mol. The zero-order chi connectivity index (χ0) is 17.4. The Hall–Kier alpha value is -2.35. The van der Waals surface area contributed by atoms with Crippen LogP contribution in [0.2, 0.25) is 0 Å². The van der Waals surface area contributed by atoms with Gasteiger partial charge in [0.25, 0.3) is 0 Å². The molecule has 26 heavy (non-hydrogen) atoms. The summed E-state index contributed by atoms with van der Waals surface area (Å²) < 4.78 is 0. The highest BCUT2D eigenvalue weighted by atomic mass is 16.2. The van der Waals surface area contributed by atoms with Crippen molar-refractivity contribution in [1.29, 1.82) is 0 Å². The standard InChI is InChI=1S/C18H26N6O.H2O/c1-13-6-10-24(18(25)23-8-3-4-9-23)11-15(13)22(2)17-14-5-7-19-16(14)20-12-21-17;/h5,7,12-13,15H,3-4,6,8-11H2,1-2H3,(H,19,20,21);1H2/t13-,15+;/m1./s1. The lowest BCUT2D eigenvalue weighted by Crippen LogP contribution is -2.55. The summed E-state index contributed by atoms with van der Waals surface area (Å²) in [5, 5.41) is 1.03. The number of anilines is 1. The van der Waals surface area contributed by atoms with Crippen molar-refractivity contribution in [3.63, 3.8) is 0 Å². The number of amides is 2. The van der Waals surface area contributed by atoms with E-state index in [9.17, 15) is 4.79 Å². The van der Waals surface area contributed by atoms with Crippen molar-refractivity contribution in [3.8, 4) is 0 Å². The fraction of sp³-hybridized carbons (Fsp3) is 0.611. The van der Waals surface area contributed by atoms with Crippen LogP contribution in [0.3, 0.4) is 0 Å². The van der Waals surface area contributed by atoms with E-state index in [0.717, 1.165) is 62.3 Å². The molecular formula is C18H28N6O2. The van der Waals surface area contributed by atoms with Crippen LogP contribution in [-0.2, 0) is 0 Å². The van der Waals surface area contributed by atoms with E-state index in [-0.39, 0.29) is 17.5 Å². The van der Waals surface area contributed by atoms with Crippen molar-refractivity contribution in [2.75, 3.05) is 38.1 Å². The zero-order valence-electron chi connectivity index (χ0n) is 15.5. The number of nitrogens with one attached hydrogen (secondary N) is 1. The quantitative estimate of drug-likeness (QED) is 0.877. The first-order valence-corrected chi connectivity index (χ1v) is 9.20. The molecule has 2 fully saturated rings. The summed E-state index contributed by atoms with van der Waals surface area (Å²) in [6, 6.07) is 2.48. The van der Waals surface area contributed by atoms with E-state index in [1.807, 2.05) is 22.1 Å². The highest BCUT2D eigenvalue weighted by Crippen LogP contribution is 2.29. The largest absolute Gasteiger partial charge is 0.412 e. The molecule has 4 rings (SSSR count). The summed E-state index contributed by atoms with van der Waals surface area (Å²) in [5.74, 6) is 1.44. The highest BCUT2D eigenvalue weighted by molar-refractivity contribution is 5.87. The Morgan fingerprint density at radius 3 is 2.77 bits per heavy atom. The van der Waals surface area contributed by atoms with E-state index < -0.39 is 0 Å². The molecule has 2 amide bonds. The smallest absolute Gasteiger partial charge is 0.320 e. The molecule has 0 radical (unpaired) electrons. The van der Waals surface area contributed by atoms with Gasteiger partial charge < -0.3 is 25.2 Å². The number of aromatic amines is 1. The molecule has 142 valence electrons. The Balaban J connectivity index is 0.00000196. The molecule has 0 unspecified atom stereocenters. The van der Waals surface area contributed by atoms with E-state index in [0.29, 0.717) is 5.92 Å². The maximum absolute atomic E-state index is 12.8. The van der Waals surface area contributed by atoms with Crippen LogP contribution in [0.5, 0.6) is 0 Å². The zero-order valence-corrected chi connectivity index (χ0v) is 15.5. The number of urea groups is 1. The molecule has 2 aliphatic heterocycles. The molecule has 8 heteroatoms. The Morgan fingerprint density at radius 2 is 2.00 bits per heavy atom. The number of piperidine rings is 1. The second-order valence-corrected chi connectivity index (χ2v) is 7.30. The molecule has 2 aromatic rings. The fourth-order valence-corrected chi connectivity index (χ4v) is 4.13. The third kappa shape index (κ3) is 3.21. The molecule has 0 spiro atoms. The second-order valence-electron chi connectivity index (χ2n) is 7.30. The Labute approximate surface area is 153 Å². The Bertz CT molecular complexity index is 757. The molecule has 4 heterocycles. The number of nitrogens with zero attached hydrogens (tertiary/aromatic N) is 5. The van der Waals surface area contributed by atoms with Gasteiger partial charge in [-0.1, -0.05) is 6.92 Å². The number of carbonyl (C=O) groups is 1. The van der Waals surface area contributed by atoms with E-state index in [1.165, 1.54) is 0 Å². The first-order valence-electron chi connectivity index (χ1n) is 9.20. The molecule has 2 saturated heterocycles. The van der Waals surface area contributed by atoms with Gasteiger partial charge in [0, 0.05) is 39.4 Å². The van der Waals surface area contributed by atoms with E-state index in [1.54, 1.807) is 6.33 Å². The van der Waals surface area contributed by atoms with Gasteiger partial charge in [0.05, 0.1) is 11.4 Å². The second kappa shape index (κ2) is 7.49. The van der Waals surface area contributed by atoms with Gasteiger partial charge >= 0.3 is 6.03 Å². The van der Waals surface area contributed by atoms with Crippen LogP contribution < -0.4 is 4.90 Å². The minimum absolute atomic E-state index is 0. The van der Waals surface area contributed by atoms with Crippen molar-refractivity contribution in [1.82, 2.24) is 24.8 Å². The van der Waals surface area contributed by atoms with Crippen molar-refractivity contribution in [2.45, 2.75) is 32.2 Å². The van der Waals surface area contributed by atoms with Gasteiger partial charge in [0.15, 0.2) is 0 Å². The highest BCUT2D eigenvalue weighted by Gasteiger charge is 2.34. The van der Waals surface area contributed by atoms with Crippen LogP contribution in [-0.4, -0.2) is 75.5 Å². The van der Waals surface area contributed by atoms with E-state index >= 15 is 0 Å². The number of likely N-dealkylation sites (N-methyl/N-ethyl adjacent to an activating group) is 1. The fourth-order valence-electron chi connectivity index (χ4n) is 4.13. The van der Waals surface area contributed by atoms with Gasteiger partial charge in [-0.25, -0.2) is 14.8 Å². The molecular weight excluding hydrogens is 332 g/mol. The molecule has 2 atom stereocenters. The van der Waals surface area contributed by atoms with Crippen LogP contribution in [0.1, 0.15) is 26.2 Å². The van der Waals surface area contributed by atoms with Crippen LogP contribution in [0.4, 0.5) is 10.6 Å². The lowest BCUT2D eigenvalue weighted by Gasteiger charge is -2.43. The first kappa shape index (κ1) is 18.4. The molecule has 0 aromatic carbocycles.